The van der Waals surface area contributed by atoms with E-state index in [4.69, 9.17) is 0 Å². The van der Waals surface area contributed by atoms with Gasteiger partial charge in [-0.2, -0.15) is 0 Å². The lowest BCUT2D eigenvalue weighted by molar-refractivity contribution is -0.0170. The van der Waals surface area contributed by atoms with Gasteiger partial charge in [0.2, 0.25) is 0 Å². The molecule has 5 rings (SSSR count). The van der Waals surface area contributed by atoms with Crippen LogP contribution in [0.1, 0.15) is 67.2 Å². The van der Waals surface area contributed by atoms with Crippen molar-refractivity contribution in [1.82, 2.24) is 14.7 Å². The van der Waals surface area contributed by atoms with Crippen LogP contribution in [0.4, 0.5) is 0 Å². The molecule has 3 aliphatic heterocycles. The van der Waals surface area contributed by atoms with Crippen LogP contribution in [0.2, 0.25) is 0 Å². The van der Waals surface area contributed by atoms with E-state index in [1.54, 1.807) is 0 Å². The molecular formula is C25H45N3. The van der Waals surface area contributed by atoms with Crippen molar-refractivity contribution in [2.24, 2.45) is 35.0 Å². The molecule has 0 aromatic carbocycles. The van der Waals surface area contributed by atoms with E-state index in [9.17, 15) is 0 Å². The molecular weight excluding hydrogens is 342 g/mol. The molecule has 3 saturated heterocycles. The zero-order valence-electron chi connectivity index (χ0n) is 19.5. The maximum Gasteiger partial charge on any atom is 0.0351 e. The van der Waals surface area contributed by atoms with Crippen molar-refractivity contribution in [2.45, 2.75) is 84.8 Å². The molecule has 2 aliphatic carbocycles. The Hall–Kier alpha value is -0.120. The predicted molar refractivity (Wildman–Crippen MR) is 117 cm³/mol. The Morgan fingerprint density at radius 2 is 0.964 bits per heavy atom. The van der Waals surface area contributed by atoms with Crippen molar-refractivity contribution in [3.63, 3.8) is 0 Å². The Morgan fingerprint density at radius 3 is 1.39 bits per heavy atom. The largest absolute Gasteiger partial charge is 0.300 e. The van der Waals surface area contributed by atoms with Gasteiger partial charge in [0.25, 0.3) is 0 Å². The molecule has 0 aromatic rings. The van der Waals surface area contributed by atoms with Crippen molar-refractivity contribution in [3.8, 4) is 0 Å². The topological polar surface area (TPSA) is 9.72 Å². The molecule has 4 atom stereocenters. The fraction of sp³-hybridized carbons (Fsp3) is 1.00. The van der Waals surface area contributed by atoms with E-state index in [1.807, 2.05) is 0 Å². The molecule has 3 nitrogen and oxygen atoms in total. The van der Waals surface area contributed by atoms with Gasteiger partial charge in [0.15, 0.2) is 0 Å². The summed E-state index contributed by atoms with van der Waals surface area (Å²) in [5.74, 6) is 4.99. The third-order valence-corrected chi connectivity index (χ3v) is 9.60. The lowest BCUT2D eigenvalue weighted by atomic mass is 9.79. The van der Waals surface area contributed by atoms with Crippen LogP contribution in [0, 0.1) is 35.0 Å². The Kier molecular flexibility index (Phi) is 4.73. The summed E-state index contributed by atoms with van der Waals surface area (Å²) in [4.78, 5) is 8.46. The first-order valence-electron chi connectivity index (χ1n) is 12.3. The summed E-state index contributed by atoms with van der Waals surface area (Å²) in [6, 6.07) is 1.77. The summed E-state index contributed by atoms with van der Waals surface area (Å²) in [5.41, 5.74) is 0.879. The Labute approximate surface area is 174 Å². The Bertz CT molecular complexity index is 554. The standard InChI is InChI=1S/C25H45N3/c1-24(2,3)21-7-17-11-26(12-18(17)8-21)22-9-19-13-27(14-20(19)10-22)23-15-28(16-23)25(4,5)6/h17-23H,7-16H2,1-6H3. The first kappa shape index (κ1) is 19.8. The van der Waals surface area contributed by atoms with Gasteiger partial charge in [0.1, 0.15) is 0 Å². The average molecular weight is 388 g/mol. The normalized spacial score (nSPS) is 43.5. The minimum Gasteiger partial charge on any atom is -0.300 e. The number of nitrogens with zero attached hydrogens (tertiary/aromatic N) is 3. The first-order chi connectivity index (χ1) is 13.1. The fourth-order valence-electron chi connectivity index (χ4n) is 7.48. The summed E-state index contributed by atoms with van der Waals surface area (Å²) < 4.78 is 0. The second-order valence-corrected chi connectivity index (χ2v) is 13.3. The van der Waals surface area contributed by atoms with Crippen LogP contribution < -0.4 is 0 Å². The Morgan fingerprint density at radius 1 is 0.536 bits per heavy atom. The summed E-state index contributed by atoms with van der Waals surface area (Å²) in [5, 5.41) is 0. The van der Waals surface area contributed by atoms with Crippen LogP contribution in [-0.4, -0.2) is 71.6 Å². The first-order valence-corrected chi connectivity index (χ1v) is 12.3. The highest BCUT2D eigenvalue weighted by Crippen LogP contribution is 2.50. The molecule has 0 spiro atoms. The molecule has 3 heterocycles. The summed E-state index contributed by atoms with van der Waals surface area (Å²) in [6.07, 6.45) is 6.01. The number of likely N-dealkylation sites (tertiary alicyclic amines) is 3. The van der Waals surface area contributed by atoms with Gasteiger partial charge in [-0.15, -0.1) is 0 Å². The number of hydrogen-bond acceptors (Lipinski definition) is 3. The molecule has 5 aliphatic rings. The lowest BCUT2D eigenvalue weighted by Gasteiger charge is -2.51. The molecule has 160 valence electrons. The van der Waals surface area contributed by atoms with E-state index < -0.39 is 0 Å². The molecule has 3 heteroatoms. The number of fused-ring (bicyclic) bond motifs is 2. The third kappa shape index (κ3) is 3.48. The predicted octanol–water partition coefficient (Wildman–Crippen LogP) is 4.18. The van der Waals surface area contributed by atoms with E-state index in [1.165, 1.54) is 65.0 Å². The smallest absolute Gasteiger partial charge is 0.0351 e. The maximum atomic E-state index is 2.95. The quantitative estimate of drug-likeness (QED) is 0.704. The highest BCUT2D eigenvalue weighted by Gasteiger charge is 2.50. The highest BCUT2D eigenvalue weighted by atomic mass is 15.3. The summed E-state index contributed by atoms with van der Waals surface area (Å²) in [7, 11) is 0. The van der Waals surface area contributed by atoms with E-state index in [0.29, 0.717) is 11.0 Å². The Balaban J connectivity index is 1.09. The fourth-order valence-corrected chi connectivity index (χ4v) is 7.48. The van der Waals surface area contributed by atoms with Crippen LogP contribution in [0.3, 0.4) is 0 Å². The van der Waals surface area contributed by atoms with Crippen LogP contribution in [0.5, 0.6) is 0 Å². The molecule has 4 unspecified atom stereocenters. The van der Waals surface area contributed by atoms with E-state index in [0.717, 1.165) is 41.7 Å². The van der Waals surface area contributed by atoms with Crippen LogP contribution in [-0.2, 0) is 0 Å². The van der Waals surface area contributed by atoms with Crippen LogP contribution in [0.15, 0.2) is 0 Å². The van der Waals surface area contributed by atoms with Crippen molar-refractivity contribution in [3.05, 3.63) is 0 Å². The van der Waals surface area contributed by atoms with Gasteiger partial charge in [0.05, 0.1) is 0 Å². The summed E-state index contributed by atoms with van der Waals surface area (Å²) in [6.45, 7) is 22.7. The minimum absolute atomic E-state index is 0.358. The van der Waals surface area contributed by atoms with Gasteiger partial charge in [-0.25, -0.2) is 0 Å². The van der Waals surface area contributed by atoms with Crippen molar-refractivity contribution >= 4 is 0 Å². The molecule has 0 N–H and O–H groups in total. The maximum absolute atomic E-state index is 2.95. The van der Waals surface area contributed by atoms with Gasteiger partial charge in [-0.3, -0.25) is 14.7 Å². The molecule has 0 aromatic heterocycles. The second kappa shape index (κ2) is 6.69. The molecule has 0 amide bonds. The highest BCUT2D eigenvalue weighted by molar-refractivity contribution is 5.04. The average Bonchev–Trinajstić information content (AvgIpc) is 3.18. The van der Waals surface area contributed by atoms with Crippen molar-refractivity contribution in [1.29, 1.82) is 0 Å². The summed E-state index contributed by atoms with van der Waals surface area (Å²) >= 11 is 0. The van der Waals surface area contributed by atoms with Gasteiger partial charge in [0, 0.05) is 56.9 Å². The van der Waals surface area contributed by atoms with Gasteiger partial charge < -0.3 is 0 Å². The van der Waals surface area contributed by atoms with Gasteiger partial charge in [-0.1, -0.05) is 20.8 Å². The van der Waals surface area contributed by atoms with Crippen molar-refractivity contribution < 1.29 is 0 Å². The van der Waals surface area contributed by atoms with Gasteiger partial charge >= 0.3 is 0 Å². The van der Waals surface area contributed by atoms with Crippen LogP contribution in [0.25, 0.3) is 0 Å². The third-order valence-electron chi connectivity index (χ3n) is 9.60. The molecule has 0 radical (unpaired) electrons. The number of hydrogen-bond donors (Lipinski definition) is 0. The van der Waals surface area contributed by atoms with Crippen LogP contribution >= 0.6 is 0 Å². The SMILES string of the molecule is CC(C)(C)C1CC2CN(C3CC4CN(C5CN(C(C)(C)C)C5)CC4C3)CC2C1. The zero-order valence-corrected chi connectivity index (χ0v) is 19.5. The van der Waals surface area contributed by atoms with Gasteiger partial charge in [-0.05, 0) is 81.5 Å². The second-order valence-electron chi connectivity index (χ2n) is 13.3. The molecule has 28 heavy (non-hydrogen) atoms. The van der Waals surface area contributed by atoms with E-state index in [-0.39, 0.29) is 0 Å². The minimum atomic E-state index is 0.358. The molecule has 0 bridgehead atoms. The molecule has 2 saturated carbocycles. The van der Waals surface area contributed by atoms with E-state index in [2.05, 4.69) is 56.2 Å². The number of rotatable bonds is 2. The van der Waals surface area contributed by atoms with Crippen molar-refractivity contribution in [2.75, 3.05) is 39.3 Å². The zero-order chi connectivity index (χ0) is 19.8. The lowest BCUT2D eigenvalue weighted by Crippen LogP contribution is -2.64. The van der Waals surface area contributed by atoms with E-state index >= 15 is 0 Å². The molecule has 5 fully saturated rings. The monoisotopic (exact) mass is 387 g/mol.